The van der Waals surface area contributed by atoms with Crippen LogP contribution in [0.2, 0.25) is 0 Å². The molecule has 0 unspecified atom stereocenters. The number of rotatable bonds is 7. The molecule has 0 saturated heterocycles. The molecule has 0 saturated carbocycles. The number of urea groups is 1. The van der Waals surface area contributed by atoms with Crippen molar-refractivity contribution in [2.75, 3.05) is 18.0 Å². The van der Waals surface area contributed by atoms with Gasteiger partial charge in [0.05, 0.1) is 5.69 Å². The number of amides is 2. The second-order valence-electron chi connectivity index (χ2n) is 5.48. The van der Waals surface area contributed by atoms with Crippen molar-refractivity contribution in [3.05, 3.63) is 29.3 Å². The van der Waals surface area contributed by atoms with E-state index in [1.807, 2.05) is 6.92 Å². The number of nitrogens with zero attached hydrogens (tertiary/aromatic N) is 2. The van der Waals surface area contributed by atoms with Crippen LogP contribution in [0.15, 0.2) is 23.2 Å². The number of hydrogen-bond acceptors (Lipinski definition) is 2. The van der Waals surface area contributed by atoms with E-state index in [-0.39, 0.29) is 12.0 Å². The largest absolute Gasteiger partial charge is 0.370 e. The Hall–Kier alpha value is -2.04. The summed E-state index contributed by atoms with van der Waals surface area (Å²) in [7, 11) is 0. The summed E-state index contributed by atoms with van der Waals surface area (Å²) in [4.78, 5) is 18.6. The van der Waals surface area contributed by atoms with E-state index in [2.05, 4.69) is 49.3 Å². The van der Waals surface area contributed by atoms with E-state index >= 15 is 0 Å². The van der Waals surface area contributed by atoms with Gasteiger partial charge < -0.3 is 5.73 Å². The molecule has 2 amide bonds. The van der Waals surface area contributed by atoms with Crippen LogP contribution in [-0.4, -0.2) is 25.1 Å². The van der Waals surface area contributed by atoms with Crippen molar-refractivity contribution in [2.24, 2.45) is 10.7 Å². The van der Waals surface area contributed by atoms with Gasteiger partial charge in [0.2, 0.25) is 0 Å². The van der Waals surface area contributed by atoms with Gasteiger partial charge in [-0.1, -0.05) is 45.9 Å². The van der Waals surface area contributed by atoms with Crippen molar-refractivity contribution in [3.8, 4) is 0 Å². The summed E-state index contributed by atoms with van der Waals surface area (Å²) in [6.45, 7) is 9.57. The lowest BCUT2D eigenvalue weighted by atomic mass is 10.0. The standard InChI is InChI=1S/C18H30N4O/c1-5-12-20-17(19)21-18(23)22(13-6-2)16-14(7-3)10-9-11-15(16)8-4/h9-11H,5-8,12-13H2,1-4H3,(H3,19,20,21,23). The predicted molar refractivity (Wildman–Crippen MR) is 98.1 cm³/mol. The fourth-order valence-electron chi connectivity index (χ4n) is 2.55. The zero-order valence-corrected chi connectivity index (χ0v) is 14.9. The van der Waals surface area contributed by atoms with Gasteiger partial charge in [0.15, 0.2) is 5.96 Å². The highest BCUT2D eigenvalue weighted by Gasteiger charge is 2.20. The van der Waals surface area contributed by atoms with Crippen LogP contribution in [0, 0.1) is 0 Å². The Morgan fingerprint density at radius 1 is 1.13 bits per heavy atom. The number of anilines is 1. The highest BCUT2D eigenvalue weighted by Crippen LogP contribution is 2.27. The molecule has 0 spiro atoms. The fraction of sp³-hybridized carbons (Fsp3) is 0.556. The molecular formula is C18H30N4O. The summed E-state index contributed by atoms with van der Waals surface area (Å²) in [6, 6.07) is 6.01. The van der Waals surface area contributed by atoms with E-state index in [1.54, 1.807) is 4.90 Å². The Morgan fingerprint density at radius 2 is 1.74 bits per heavy atom. The molecule has 5 nitrogen and oxygen atoms in total. The number of carbonyl (C=O) groups excluding carboxylic acids is 1. The van der Waals surface area contributed by atoms with E-state index in [1.165, 1.54) is 11.1 Å². The Labute approximate surface area is 140 Å². The zero-order chi connectivity index (χ0) is 17.2. The lowest BCUT2D eigenvalue weighted by Gasteiger charge is -2.27. The van der Waals surface area contributed by atoms with Gasteiger partial charge in [-0.3, -0.25) is 15.2 Å². The number of nitrogens with one attached hydrogen (secondary N) is 1. The van der Waals surface area contributed by atoms with E-state index in [4.69, 9.17) is 5.73 Å². The first kappa shape index (κ1) is 19.0. The number of carbonyl (C=O) groups is 1. The van der Waals surface area contributed by atoms with Crippen LogP contribution in [0.4, 0.5) is 10.5 Å². The molecule has 128 valence electrons. The van der Waals surface area contributed by atoms with Gasteiger partial charge in [0.1, 0.15) is 0 Å². The summed E-state index contributed by atoms with van der Waals surface area (Å²) >= 11 is 0. The van der Waals surface area contributed by atoms with Gasteiger partial charge in [-0.25, -0.2) is 4.79 Å². The van der Waals surface area contributed by atoms with Gasteiger partial charge in [0.25, 0.3) is 0 Å². The Balaban J connectivity index is 3.13. The minimum Gasteiger partial charge on any atom is -0.370 e. The maximum atomic E-state index is 12.7. The SMILES string of the molecule is CCCN=C(N)NC(=O)N(CCC)c1c(CC)cccc1CC. The Kier molecular flexibility index (Phi) is 8.16. The third kappa shape index (κ3) is 5.27. The van der Waals surface area contributed by atoms with Gasteiger partial charge in [-0.05, 0) is 36.8 Å². The number of aryl methyl sites for hydroxylation is 2. The highest BCUT2D eigenvalue weighted by atomic mass is 16.2. The van der Waals surface area contributed by atoms with Crippen LogP contribution < -0.4 is 16.0 Å². The van der Waals surface area contributed by atoms with Crippen LogP contribution in [0.1, 0.15) is 51.7 Å². The molecule has 0 aromatic heterocycles. The quantitative estimate of drug-likeness (QED) is 0.597. The third-order valence-corrected chi connectivity index (χ3v) is 3.67. The predicted octanol–water partition coefficient (Wildman–Crippen LogP) is 3.46. The molecule has 23 heavy (non-hydrogen) atoms. The number of benzene rings is 1. The molecule has 5 heteroatoms. The molecule has 1 aromatic carbocycles. The topological polar surface area (TPSA) is 70.7 Å². The third-order valence-electron chi connectivity index (χ3n) is 3.67. The molecule has 0 fully saturated rings. The van der Waals surface area contributed by atoms with E-state index < -0.39 is 0 Å². The Bertz CT molecular complexity index is 518. The monoisotopic (exact) mass is 318 g/mol. The molecule has 3 N–H and O–H groups in total. The summed E-state index contributed by atoms with van der Waals surface area (Å²) in [6.07, 6.45) is 3.54. The molecule has 0 heterocycles. The summed E-state index contributed by atoms with van der Waals surface area (Å²) in [5, 5.41) is 2.72. The molecule has 1 aromatic rings. The average Bonchev–Trinajstić information content (AvgIpc) is 2.56. The van der Waals surface area contributed by atoms with E-state index in [9.17, 15) is 4.79 Å². The molecule has 0 bridgehead atoms. The fourth-order valence-corrected chi connectivity index (χ4v) is 2.55. The molecule has 0 aliphatic carbocycles. The number of para-hydroxylation sites is 1. The number of hydrogen-bond donors (Lipinski definition) is 2. The molecule has 0 aliphatic rings. The summed E-state index contributed by atoms with van der Waals surface area (Å²) < 4.78 is 0. The minimum absolute atomic E-state index is 0.185. The van der Waals surface area contributed by atoms with Crippen LogP contribution >= 0.6 is 0 Å². The number of aliphatic imine (C=N–C) groups is 1. The smallest absolute Gasteiger partial charge is 0.328 e. The highest BCUT2D eigenvalue weighted by molar-refractivity contribution is 6.04. The van der Waals surface area contributed by atoms with Crippen molar-refractivity contribution < 1.29 is 4.79 Å². The first-order valence-electron chi connectivity index (χ1n) is 8.58. The van der Waals surface area contributed by atoms with Gasteiger partial charge >= 0.3 is 6.03 Å². The molecule has 0 aliphatic heterocycles. The molecular weight excluding hydrogens is 288 g/mol. The maximum Gasteiger partial charge on any atom is 0.328 e. The average molecular weight is 318 g/mol. The minimum atomic E-state index is -0.209. The normalized spacial score (nSPS) is 11.4. The second kappa shape index (κ2) is 9.87. The summed E-state index contributed by atoms with van der Waals surface area (Å²) in [5.74, 6) is 0.185. The van der Waals surface area contributed by atoms with Gasteiger partial charge in [0, 0.05) is 13.1 Å². The van der Waals surface area contributed by atoms with Crippen molar-refractivity contribution in [1.29, 1.82) is 0 Å². The van der Waals surface area contributed by atoms with Crippen molar-refractivity contribution in [1.82, 2.24) is 5.32 Å². The molecule has 1 rings (SSSR count). The van der Waals surface area contributed by atoms with Crippen LogP contribution in [0.25, 0.3) is 0 Å². The Morgan fingerprint density at radius 3 is 2.22 bits per heavy atom. The van der Waals surface area contributed by atoms with Crippen molar-refractivity contribution >= 4 is 17.7 Å². The molecule has 0 atom stereocenters. The van der Waals surface area contributed by atoms with Gasteiger partial charge in [-0.15, -0.1) is 0 Å². The van der Waals surface area contributed by atoms with Crippen molar-refractivity contribution in [3.63, 3.8) is 0 Å². The first-order chi connectivity index (χ1) is 11.1. The summed E-state index contributed by atoms with van der Waals surface area (Å²) in [5.41, 5.74) is 9.17. The lowest BCUT2D eigenvalue weighted by molar-refractivity contribution is 0.250. The zero-order valence-electron chi connectivity index (χ0n) is 14.9. The van der Waals surface area contributed by atoms with Crippen LogP contribution in [0.5, 0.6) is 0 Å². The second-order valence-corrected chi connectivity index (χ2v) is 5.48. The van der Waals surface area contributed by atoms with Crippen LogP contribution in [-0.2, 0) is 12.8 Å². The van der Waals surface area contributed by atoms with Crippen molar-refractivity contribution in [2.45, 2.75) is 53.4 Å². The number of nitrogens with two attached hydrogens (primary N) is 1. The first-order valence-corrected chi connectivity index (χ1v) is 8.58. The number of guanidine groups is 1. The molecule has 0 radical (unpaired) electrons. The lowest BCUT2D eigenvalue weighted by Crippen LogP contribution is -2.47. The van der Waals surface area contributed by atoms with Gasteiger partial charge in [-0.2, -0.15) is 0 Å². The maximum absolute atomic E-state index is 12.7. The van der Waals surface area contributed by atoms with Crippen LogP contribution in [0.3, 0.4) is 0 Å². The van der Waals surface area contributed by atoms with E-state index in [0.29, 0.717) is 13.1 Å². The van der Waals surface area contributed by atoms with E-state index in [0.717, 1.165) is 31.4 Å².